The van der Waals surface area contributed by atoms with Gasteiger partial charge in [0.25, 0.3) is 15.9 Å². The molecule has 0 unspecified atom stereocenters. The van der Waals surface area contributed by atoms with Crippen molar-refractivity contribution in [3.8, 4) is 0 Å². The number of hydrogen-bond donors (Lipinski definition) is 1. The summed E-state index contributed by atoms with van der Waals surface area (Å²) in [6.45, 7) is 5.60. The molecule has 6 nitrogen and oxygen atoms in total. The molecule has 0 spiro atoms. The molecule has 0 aliphatic rings. The van der Waals surface area contributed by atoms with Crippen LogP contribution in [0.3, 0.4) is 0 Å². The number of carbonyl (C=O) groups excluding carboxylic acids is 1. The zero-order valence-corrected chi connectivity index (χ0v) is 21.0. The molecule has 178 valence electrons. The number of hydrazone groups is 1. The van der Waals surface area contributed by atoms with Crippen molar-refractivity contribution in [2.45, 2.75) is 37.5 Å². The highest BCUT2D eigenvalue weighted by atomic mass is 35.5. The van der Waals surface area contributed by atoms with Gasteiger partial charge in [0.1, 0.15) is 6.54 Å². The number of hydrogen-bond acceptors (Lipinski definition) is 4. The first-order chi connectivity index (χ1) is 16.1. The van der Waals surface area contributed by atoms with Crippen molar-refractivity contribution in [3.05, 3.63) is 95.5 Å². The average molecular weight is 498 g/mol. The molecule has 8 heteroatoms. The predicted molar refractivity (Wildman–Crippen MR) is 138 cm³/mol. The van der Waals surface area contributed by atoms with Crippen molar-refractivity contribution in [2.75, 3.05) is 10.8 Å². The number of amides is 1. The number of rotatable bonds is 9. The Morgan fingerprint density at radius 1 is 0.971 bits per heavy atom. The van der Waals surface area contributed by atoms with Gasteiger partial charge in [-0.3, -0.25) is 9.10 Å². The summed E-state index contributed by atoms with van der Waals surface area (Å²) in [5, 5.41) is 4.59. The van der Waals surface area contributed by atoms with E-state index in [2.05, 4.69) is 36.5 Å². The first kappa shape index (κ1) is 25.5. The van der Waals surface area contributed by atoms with Gasteiger partial charge in [-0.15, -0.1) is 0 Å². The maximum atomic E-state index is 13.3. The highest BCUT2D eigenvalue weighted by Gasteiger charge is 2.27. The molecule has 3 aromatic rings. The molecule has 3 aromatic carbocycles. The Balaban J connectivity index is 1.78. The predicted octanol–water partition coefficient (Wildman–Crippen LogP) is 5.40. The molecule has 0 atom stereocenters. The first-order valence-electron chi connectivity index (χ1n) is 10.8. The fraction of sp³-hybridized carbons (Fsp3) is 0.231. The number of nitrogens with zero attached hydrogens (tertiary/aromatic N) is 2. The van der Waals surface area contributed by atoms with Crippen LogP contribution in [-0.4, -0.2) is 26.6 Å². The second kappa shape index (κ2) is 10.8. The fourth-order valence-corrected chi connectivity index (χ4v) is 5.28. The lowest BCUT2D eigenvalue weighted by atomic mass is 9.80. The van der Waals surface area contributed by atoms with Crippen LogP contribution in [0.1, 0.15) is 32.8 Å². The lowest BCUT2D eigenvalue weighted by molar-refractivity contribution is -0.119. The van der Waals surface area contributed by atoms with Gasteiger partial charge in [0.05, 0.1) is 10.6 Å². The van der Waals surface area contributed by atoms with Crippen LogP contribution in [0.5, 0.6) is 0 Å². The van der Waals surface area contributed by atoms with Gasteiger partial charge < -0.3 is 0 Å². The van der Waals surface area contributed by atoms with Crippen molar-refractivity contribution in [1.29, 1.82) is 0 Å². The summed E-state index contributed by atoms with van der Waals surface area (Å²) in [7, 11) is -4.00. The summed E-state index contributed by atoms with van der Waals surface area (Å²) >= 11 is 6.09. The molecule has 3 rings (SSSR count). The van der Waals surface area contributed by atoms with E-state index in [1.54, 1.807) is 36.4 Å². The molecule has 0 fully saturated rings. The average Bonchev–Trinajstić information content (AvgIpc) is 2.82. The van der Waals surface area contributed by atoms with Gasteiger partial charge >= 0.3 is 0 Å². The largest absolute Gasteiger partial charge is 0.271 e. The van der Waals surface area contributed by atoms with E-state index in [4.69, 9.17) is 11.6 Å². The van der Waals surface area contributed by atoms with Crippen molar-refractivity contribution in [2.24, 2.45) is 5.10 Å². The first-order valence-corrected chi connectivity index (χ1v) is 12.6. The van der Waals surface area contributed by atoms with Crippen LogP contribution in [0.15, 0.2) is 94.9 Å². The van der Waals surface area contributed by atoms with Gasteiger partial charge in [-0.05, 0) is 54.7 Å². The lowest BCUT2D eigenvalue weighted by Gasteiger charge is -2.25. The molecule has 34 heavy (non-hydrogen) atoms. The van der Waals surface area contributed by atoms with E-state index in [1.165, 1.54) is 18.2 Å². The van der Waals surface area contributed by atoms with Crippen LogP contribution in [0.4, 0.5) is 5.69 Å². The van der Waals surface area contributed by atoms with Gasteiger partial charge in [-0.1, -0.05) is 80.0 Å². The molecule has 1 N–H and O–H groups in total. The van der Waals surface area contributed by atoms with Gasteiger partial charge in [0.15, 0.2) is 0 Å². The minimum Gasteiger partial charge on any atom is -0.271 e. The normalized spacial score (nSPS) is 12.3. The number of anilines is 1. The van der Waals surface area contributed by atoms with Gasteiger partial charge in [0.2, 0.25) is 0 Å². The molecule has 0 bridgehead atoms. The standard InChI is InChI=1S/C26H28ClN3O3S/c1-20(18-26(2,3)21-11-6-4-7-12-21)28-29-25(31)19-30(23-14-10-13-22(27)17-23)34(32,33)24-15-8-5-9-16-24/h4-17H,18-19H2,1-3H3,(H,29,31)/b28-20-. The monoisotopic (exact) mass is 497 g/mol. The Kier molecular flexibility index (Phi) is 8.12. The van der Waals surface area contributed by atoms with E-state index in [1.807, 2.05) is 25.1 Å². The van der Waals surface area contributed by atoms with E-state index in [0.29, 0.717) is 11.4 Å². The molecular weight excluding hydrogens is 470 g/mol. The molecule has 0 saturated heterocycles. The van der Waals surface area contributed by atoms with Gasteiger partial charge in [-0.25, -0.2) is 13.8 Å². The lowest BCUT2D eigenvalue weighted by Crippen LogP contribution is -2.39. The van der Waals surface area contributed by atoms with Crippen LogP contribution in [0.25, 0.3) is 0 Å². The summed E-state index contributed by atoms with van der Waals surface area (Å²) < 4.78 is 27.7. The molecule has 0 radical (unpaired) electrons. The Hall–Kier alpha value is -3.16. The van der Waals surface area contributed by atoms with Crippen LogP contribution < -0.4 is 9.73 Å². The maximum Gasteiger partial charge on any atom is 0.264 e. The van der Waals surface area contributed by atoms with Crippen LogP contribution >= 0.6 is 11.6 Å². The number of halogens is 1. The topological polar surface area (TPSA) is 78.8 Å². The van der Waals surface area contributed by atoms with Crippen LogP contribution in [0, 0.1) is 0 Å². The third kappa shape index (κ3) is 6.46. The Bertz CT molecular complexity index is 1260. The number of nitrogens with one attached hydrogen (secondary N) is 1. The van der Waals surface area contributed by atoms with E-state index >= 15 is 0 Å². The summed E-state index contributed by atoms with van der Waals surface area (Å²) in [6.07, 6.45) is 0.623. The number of sulfonamides is 1. The van der Waals surface area contributed by atoms with Gasteiger partial charge in [-0.2, -0.15) is 5.10 Å². The summed E-state index contributed by atoms with van der Waals surface area (Å²) in [4.78, 5) is 12.8. The second-order valence-corrected chi connectivity index (χ2v) is 10.9. The minimum absolute atomic E-state index is 0.0760. The highest BCUT2D eigenvalue weighted by Crippen LogP contribution is 2.28. The fourth-order valence-electron chi connectivity index (χ4n) is 3.66. The van der Waals surface area contributed by atoms with Crippen molar-refractivity contribution < 1.29 is 13.2 Å². The summed E-state index contributed by atoms with van der Waals surface area (Å²) in [5.41, 5.74) is 4.50. The maximum absolute atomic E-state index is 13.3. The molecule has 0 aliphatic heterocycles. The zero-order valence-electron chi connectivity index (χ0n) is 19.4. The third-order valence-corrected chi connectivity index (χ3v) is 7.36. The molecule has 0 aliphatic carbocycles. The highest BCUT2D eigenvalue weighted by molar-refractivity contribution is 7.92. The van der Waals surface area contributed by atoms with Crippen LogP contribution in [0.2, 0.25) is 5.02 Å². The minimum atomic E-state index is -4.00. The summed E-state index contributed by atoms with van der Waals surface area (Å²) in [5.74, 6) is -0.559. The molecule has 0 saturated carbocycles. The molecule has 1 amide bonds. The Morgan fingerprint density at radius 3 is 2.21 bits per heavy atom. The van der Waals surface area contributed by atoms with E-state index in [9.17, 15) is 13.2 Å². The summed E-state index contributed by atoms with van der Waals surface area (Å²) in [6, 6.07) is 24.4. The van der Waals surface area contributed by atoms with Crippen molar-refractivity contribution >= 4 is 38.9 Å². The molecule has 0 heterocycles. The van der Waals surface area contributed by atoms with Crippen molar-refractivity contribution in [1.82, 2.24) is 5.43 Å². The van der Waals surface area contributed by atoms with E-state index in [-0.39, 0.29) is 16.0 Å². The SMILES string of the molecule is C/C(CC(C)(C)c1ccccc1)=N/NC(=O)CN(c1cccc(Cl)c1)S(=O)(=O)c1ccccc1. The smallest absolute Gasteiger partial charge is 0.264 e. The van der Waals surface area contributed by atoms with Crippen LogP contribution in [-0.2, 0) is 20.2 Å². The van der Waals surface area contributed by atoms with Crippen molar-refractivity contribution in [3.63, 3.8) is 0 Å². The van der Waals surface area contributed by atoms with E-state index in [0.717, 1.165) is 15.6 Å². The third-order valence-electron chi connectivity index (χ3n) is 5.34. The zero-order chi connectivity index (χ0) is 24.8. The second-order valence-electron chi connectivity index (χ2n) is 8.61. The number of benzene rings is 3. The quantitative estimate of drug-likeness (QED) is 0.318. The molecular formula is C26H28ClN3O3S. The Morgan fingerprint density at radius 2 is 1.59 bits per heavy atom. The molecule has 0 aromatic heterocycles. The number of carbonyl (C=O) groups is 1. The Labute approximate surface area is 206 Å². The van der Waals surface area contributed by atoms with E-state index < -0.39 is 22.5 Å². The van der Waals surface area contributed by atoms with Gasteiger partial charge in [0, 0.05) is 10.7 Å².